The highest BCUT2D eigenvalue weighted by Crippen LogP contribution is 2.33. The summed E-state index contributed by atoms with van der Waals surface area (Å²) in [7, 11) is 0. The first-order valence-electron chi connectivity index (χ1n) is 6.74. The Kier molecular flexibility index (Phi) is 2.86. The van der Waals surface area contributed by atoms with Gasteiger partial charge in [-0.3, -0.25) is 4.79 Å². The summed E-state index contributed by atoms with van der Waals surface area (Å²) < 4.78 is 1.83. The van der Waals surface area contributed by atoms with Crippen molar-refractivity contribution in [3.05, 3.63) is 22.7 Å². The molecule has 2 unspecified atom stereocenters. The largest absolute Gasteiger partial charge is 0.352 e. The van der Waals surface area contributed by atoms with Gasteiger partial charge in [0.05, 0.1) is 0 Å². The summed E-state index contributed by atoms with van der Waals surface area (Å²) >= 11 is 0. The predicted molar refractivity (Wildman–Crippen MR) is 70.7 cm³/mol. The zero-order valence-corrected chi connectivity index (χ0v) is 10.7. The zero-order chi connectivity index (χ0) is 12.7. The SMILES string of the molecule is CC(N)C1CCN(c2nccn(C3CC3)c2=O)C1. The van der Waals surface area contributed by atoms with Crippen molar-refractivity contribution >= 4 is 5.82 Å². The third-order valence-electron chi connectivity index (χ3n) is 4.06. The smallest absolute Gasteiger partial charge is 0.293 e. The lowest BCUT2D eigenvalue weighted by atomic mass is 10.0. The molecule has 2 atom stereocenters. The molecule has 0 bridgehead atoms. The number of nitrogens with zero attached hydrogens (tertiary/aromatic N) is 3. The number of hydrogen-bond acceptors (Lipinski definition) is 4. The van der Waals surface area contributed by atoms with Crippen molar-refractivity contribution in [2.24, 2.45) is 11.7 Å². The van der Waals surface area contributed by atoms with Gasteiger partial charge in [0.15, 0.2) is 5.82 Å². The van der Waals surface area contributed by atoms with Crippen molar-refractivity contribution in [2.45, 2.75) is 38.3 Å². The fourth-order valence-electron chi connectivity index (χ4n) is 2.68. The van der Waals surface area contributed by atoms with Crippen LogP contribution in [-0.2, 0) is 0 Å². The van der Waals surface area contributed by atoms with Gasteiger partial charge in [0.1, 0.15) is 0 Å². The molecule has 1 saturated carbocycles. The first kappa shape index (κ1) is 11.7. The van der Waals surface area contributed by atoms with Crippen LogP contribution in [0.15, 0.2) is 17.2 Å². The summed E-state index contributed by atoms with van der Waals surface area (Å²) in [6.07, 6.45) is 6.84. The van der Waals surface area contributed by atoms with E-state index < -0.39 is 0 Å². The average Bonchev–Trinajstić information content (AvgIpc) is 3.06. The van der Waals surface area contributed by atoms with Crippen LogP contribution in [0.1, 0.15) is 32.2 Å². The topological polar surface area (TPSA) is 64.2 Å². The van der Waals surface area contributed by atoms with Crippen LogP contribution in [0.5, 0.6) is 0 Å². The molecule has 1 aliphatic heterocycles. The molecular formula is C13H20N4O. The molecule has 0 spiro atoms. The minimum absolute atomic E-state index is 0.0605. The summed E-state index contributed by atoms with van der Waals surface area (Å²) in [6, 6.07) is 0.593. The van der Waals surface area contributed by atoms with Crippen LogP contribution in [0.4, 0.5) is 5.82 Å². The van der Waals surface area contributed by atoms with Gasteiger partial charge < -0.3 is 15.2 Å². The van der Waals surface area contributed by atoms with Gasteiger partial charge >= 0.3 is 0 Å². The lowest BCUT2D eigenvalue weighted by molar-refractivity contribution is 0.487. The molecule has 0 amide bonds. The van der Waals surface area contributed by atoms with Gasteiger partial charge in [0, 0.05) is 37.6 Å². The molecular weight excluding hydrogens is 228 g/mol. The van der Waals surface area contributed by atoms with E-state index in [1.54, 1.807) is 6.20 Å². The maximum absolute atomic E-state index is 12.3. The first-order valence-corrected chi connectivity index (χ1v) is 6.74. The van der Waals surface area contributed by atoms with E-state index in [-0.39, 0.29) is 11.6 Å². The van der Waals surface area contributed by atoms with Gasteiger partial charge in [-0.25, -0.2) is 4.98 Å². The summed E-state index contributed by atoms with van der Waals surface area (Å²) in [4.78, 5) is 18.7. The molecule has 5 heteroatoms. The molecule has 18 heavy (non-hydrogen) atoms. The molecule has 1 saturated heterocycles. The fourth-order valence-corrected chi connectivity index (χ4v) is 2.68. The highest BCUT2D eigenvalue weighted by atomic mass is 16.1. The fraction of sp³-hybridized carbons (Fsp3) is 0.692. The summed E-state index contributed by atoms with van der Waals surface area (Å²) in [5, 5.41) is 0. The molecule has 1 aliphatic carbocycles. The minimum Gasteiger partial charge on any atom is -0.352 e. The Labute approximate surface area is 107 Å². The summed E-state index contributed by atoms with van der Waals surface area (Å²) in [6.45, 7) is 3.78. The Morgan fingerprint density at radius 1 is 1.44 bits per heavy atom. The number of nitrogens with two attached hydrogens (primary N) is 1. The molecule has 2 heterocycles. The quantitative estimate of drug-likeness (QED) is 0.857. The second-order valence-electron chi connectivity index (χ2n) is 5.55. The number of hydrogen-bond donors (Lipinski definition) is 1. The zero-order valence-electron chi connectivity index (χ0n) is 10.7. The number of rotatable bonds is 3. The van der Waals surface area contributed by atoms with Gasteiger partial charge in [-0.1, -0.05) is 0 Å². The molecule has 0 aromatic carbocycles. The van der Waals surface area contributed by atoms with E-state index in [1.807, 2.05) is 17.7 Å². The van der Waals surface area contributed by atoms with Crippen LogP contribution in [0.2, 0.25) is 0 Å². The molecule has 0 radical (unpaired) electrons. The van der Waals surface area contributed by atoms with Crippen LogP contribution in [0.25, 0.3) is 0 Å². The number of anilines is 1. The van der Waals surface area contributed by atoms with E-state index >= 15 is 0 Å². The van der Waals surface area contributed by atoms with Crippen LogP contribution in [0, 0.1) is 5.92 Å². The monoisotopic (exact) mass is 248 g/mol. The van der Waals surface area contributed by atoms with Gasteiger partial charge in [-0.2, -0.15) is 0 Å². The Morgan fingerprint density at radius 2 is 2.22 bits per heavy atom. The van der Waals surface area contributed by atoms with Gasteiger partial charge in [0.25, 0.3) is 5.56 Å². The van der Waals surface area contributed by atoms with E-state index in [0.717, 1.165) is 32.4 Å². The maximum Gasteiger partial charge on any atom is 0.293 e. The molecule has 5 nitrogen and oxygen atoms in total. The van der Waals surface area contributed by atoms with Crippen molar-refractivity contribution in [2.75, 3.05) is 18.0 Å². The normalized spacial score (nSPS) is 25.4. The van der Waals surface area contributed by atoms with Crippen molar-refractivity contribution < 1.29 is 0 Å². The van der Waals surface area contributed by atoms with E-state index in [9.17, 15) is 4.79 Å². The van der Waals surface area contributed by atoms with Crippen LogP contribution in [-0.4, -0.2) is 28.7 Å². The third-order valence-corrected chi connectivity index (χ3v) is 4.06. The third kappa shape index (κ3) is 2.03. The van der Waals surface area contributed by atoms with Gasteiger partial charge in [0.2, 0.25) is 0 Å². The van der Waals surface area contributed by atoms with Crippen molar-refractivity contribution in [3.8, 4) is 0 Å². The second kappa shape index (κ2) is 4.39. The number of aromatic nitrogens is 2. The van der Waals surface area contributed by atoms with Crippen LogP contribution < -0.4 is 16.2 Å². The van der Waals surface area contributed by atoms with Gasteiger partial charge in [-0.15, -0.1) is 0 Å². The minimum atomic E-state index is 0.0605. The molecule has 3 rings (SSSR count). The van der Waals surface area contributed by atoms with Crippen LogP contribution >= 0.6 is 0 Å². The maximum atomic E-state index is 12.3. The van der Waals surface area contributed by atoms with Crippen molar-refractivity contribution in [1.82, 2.24) is 9.55 Å². The molecule has 2 N–H and O–H groups in total. The summed E-state index contributed by atoms with van der Waals surface area (Å²) in [5.41, 5.74) is 5.99. The van der Waals surface area contributed by atoms with E-state index in [1.165, 1.54) is 0 Å². The van der Waals surface area contributed by atoms with Crippen LogP contribution in [0.3, 0.4) is 0 Å². The Morgan fingerprint density at radius 3 is 2.83 bits per heavy atom. The van der Waals surface area contributed by atoms with Crippen molar-refractivity contribution in [3.63, 3.8) is 0 Å². The molecule has 98 valence electrons. The Hall–Kier alpha value is -1.36. The predicted octanol–water partition coefficient (Wildman–Crippen LogP) is 0.752. The second-order valence-corrected chi connectivity index (χ2v) is 5.55. The first-order chi connectivity index (χ1) is 8.66. The molecule has 2 aliphatic rings. The van der Waals surface area contributed by atoms with Gasteiger partial charge in [-0.05, 0) is 32.1 Å². The van der Waals surface area contributed by atoms with E-state index in [4.69, 9.17) is 5.73 Å². The van der Waals surface area contributed by atoms with E-state index in [0.29, 0.717) is 17.8 Å². The Bertz CT molecular complexity index is 492. The van der Waals surface area contributed by atoms with Crippen molar-refractivity contribution in [1.29, 1.82) is 0 Å². The molecule has 1 aromatic rings. The lowest BCUT2D eigenvalue weighted by Gasteiger charge is -2.19. The Balaban J connectivity index is 1.85. The standard InChI is InChI=1S/C13H20N4O/c1-9(14)10-4-6-16(8-10)12-13(18)17(7-5-15-12)11-2-3-11/h5,7,9-11H,2-4,6,8,14H2,1H3. The molecule has 2 fully saturated rings. The highest BCUT2D eigenvalue weighted by Gasteiger charge is 2.30. The average molecular weight is 248 g/mol. The highest BCUT2D eigenvalue weighted by molar-refractivity contribution is 5.37. The summed E-state index contributed by atoms with van der Waals surface area (Å²) in [5.74, 6) is 1.08. The lowest BCUT2D eigenvalue weighted by Crippen LogP contribution is -2.34. The van der Waals surface area contributed by atoms with E-state index in [2.05, 4.69) is 9.88 Å². The molecule has 1 aromatic heterocycles.